The average Bonchev–Trinajstić information content (AvgIpc) is 2.59. The Morgan fingerprint density at radius 2 is 1.86 bits per heavy atom. The maximum Gasteiger partial charge on any atom is 0.321 e. The molecular formula is C20H28N4O3S. The quantitative estimate of drug-likeness (QED) is 0.588. The highest BCUT2D eigenvalue weighted by molar-refractivity contribution is 8.00. The van der Waals surface area contributed by atoms with E-state index in [2.05, 4.69) is 15.6 Å². The monoisotopic (exact) mass is 404 g/mol. The highest BCUT2D eigenvalue weighted by Gasteiger charge is 2.23. The molecule has 2 N–H and O–H groups in total. The van der Waals surface area contributed by atoms with Gasteiger partial charge in [0, 0.05) is 11.6 Å². The molecule has 0 spiro atoms. The van der Waals surface area contributed by atoms with Gasteiger partial charge >= 0.3 is 6.03 Å². The van der Waals surface area contributed by atoms with Crippen molar-refractivity contribution in [1.82, 2.24) is 20.2 Å². The Morgan fingerprint density at radius 3 is 2.46 bits per heavy atom. The molecular weight excluding hydrogens is 376 g/mol. The molecule has 2 aromatic rings. The Hall–Kier alpha value is -2.35. The number of imide groups is 1. The van der Waals surface area contributed by atoms with E-state index in [1.54, 1.807) is 23.6 Å². The van der Waals surface area contributed by atoms with Crippen molar-refractivity contribution in [3.63, 3.8) is 0 Å². The number of carbonyl (C=O) groups is 2. The fraction of sp³-hybridized carbons (Fsp3) is 0.500. The van der Waals surface area contributed by atoms with Gasteiger partial charge < -0.3 is 5.32 Å². The first kappa shape index (κ1) is 21.9. The number of thioether (sulfide) groups is 1. The van der Waals surface area contributed by atoms with Crippen molar-refractivity contribution in [1.29, 1.82) is 0 Å². The smallest absolute Gasteiger partial charge is 0.321 e. The molecule has 0 aliphatic heterocycles. The Morgan fingerprint density at radius 1 is 1.21 bits per heavy atom. The van der Waals surface area contributed by atoms with E-state index in [1.807, 2.05) is 46.8 Å². The lowest BCUT2D eigenvalue weighted by Gasteiger charge is -2.22. The number of fused-ring (bicyclic) bond motifs is 1. The lowest BCUT2D eigenvalue weighted by molar-refractivity contribution is -0.119. The summed E-state index contributed by atoms with van der Waals surface area (Å²) < 4.78 is 1.63. The predicted molar refractivity (Wildman–Crippen MR) is 113 cm³/mol. The minimum Gasteiger partial charge on any atom is -0.333 e. The molecule has 8 heteroatoms. The molecule has 28 heavy (non-hydrogen) atoms. The first-order valence-corrected chi connectivity index (χ1v) is 10.2. The molecule has 2 atom stereocenters. The van der Waals surface area contributed by atoms with Crippen molar-refractivity contribution in [2.24, 2.45) is 0 Å². The summed E-state index contributed by atoms with van der Waals surface area (Å²) >= 11 is 1.17. The third kappa shape index (κ3) is 5.34. The van der Waals surface area contributed by atoms with Gasteiger partial charge in [-0.25, -0.2) is 9.78 Å². The van der Waals surface area contributed by atoms with E-state index in [9.17, 15) is 14.4 Å². The largest absolute Gasteiger partial charge is 0.333 e. The molecule has 0 bridgehead atoms. The summed E-state index contributed by atoms with van der Waals surface area (Å²) in [6.07, 6.45) is 0.752. The van der Waals surface area contributed by atoms with E-state index in [1.165, 1.54) is 11.8 Å². The lowest BCUT2D eigenvalue weighted by atomic mass is 10.1. The molecule has 0 fully saturated rings. The van der Waals surface area contributed by atoms with Gasteiger partial charge in [0.1, 0.15) is 0 Å². The molecule has 0 saturated carbocycles. The first-order chi connectivity index (χ1) is 13.0. The minimum atomic E-state index is -0.603. The third-order valence-corrected chi connectivity index (χ3v) is 5.25. The van der Waals surface area contributed by atoms with Gasteiger partial charge in [-0.1, -0.05) is 30.8 Å². The fourth-order valence-corrected chi connectivity index (χ4v) is 3.59. The number of amides is 3. The van der Waals surface area contributed by atoms with Crippen molar-refractivity contribution in [3.8, 4) is 0 Å². The molecule has 0 saturated heterocycles. The summed E-state index contributed by atoms with van der Waals surface area (Å²) in [5.74, 6) is -0.440. The Bertz CT molecular complexity index is 933. The van der Waals surface area contributed by atoms with E-state index in [0.29, 0.717) is 16.1 Å². The van der Waals surface area contributed by atoms with Crippen LogP contribution in [0.3, 0.4) is 0 Å². The summed E-state index contributed by atoms with van der Waals surface area (Å²) in [5, 5.41) is 5.45. The van der Waals surface area contributed by atoms with Gasteiger partial charge in [0.2, 0.25) is 5.91 Å². The first-order valence-electron chi connectivity index (χ1n) is 9.34. The van der Waals surface area contributed by atoms with Crippen LogP contribution in [0.2, 0.25) is 0 Å². The summed E-state index contributed by atoms with van der Waals surface area (Å²) in [4.78, 5) is 42.0. The second-order valence-corrected chi connectivity index (χ2v) is 9.11. The molecule has 0 aliphatic rings. The van der Waals surface area contributed by atoms with Crippen molar-refractivity contribution in [2.45, 2.75) is 70.0 Å². The molecule has 152 valence electrons. The number of hydrogen-bond donors (Lipinski definition) is 2. The minimum absolute atomic E-state index is 0.0634. The molecule has 3 amide bonds. The van der Waals surface area contributed by atoms with E-state index in [4.69, 9.17) is 0 Å². The Kier molecular flexibility index (Phi) is 6.87. The zero-order chi connectivity index (χ0) is 21.1. The van der Waals surface area contributed by atoms with Crippen LogP contribution in [0.5, 0.6) is 0 Å². The number of aromatic nitrogens is 2. The van der Waals surface area contributed by atoms with Crippen molar-refractivity contribution < 1.29 is 9.59 Å². The van der Waals surface area contributed by atoms with Crippen molar-refractivity contribution >= 4 is 34.6 Å². The SMILES string of the molecule is CC[C@H](C)n1c(S[C@H](C)C(=O)NC(=O)NC(C)(C)C)nc2ccccc2c1=O. The van der Waals surface area contributed by atoms with Gasteiger partial charge in [-0.3, -0.25) is 19.5 Å². The van der Waals surface area contributed by atoms with Crippen LogP contribution >= 0.6 is 11.8 Å². The van der Waals surface area contributed by atoms with Crippen LogP contribution in [0, 0.1) is 0 Å². The summed E-state index contributed by atoms with van der Waals surface area (Å²) in [6, 6.07) is 6.56. The second-order valence-electron chi connectivity index (χ2n) is 7.80. The van der Waals surface area contributed by atoms with Crippen LogP contribution in [0.25, 0.3) is 10.9 Å². The van der Waals surface area contributed by atoms with Crippen molar-refractivity contribution in [3.05, 3.63) is 34.6 Å². The van der Waals surface area contributed by atoms with Gasteiger partial charge in [-0.05, 0) is 53.2 Å². The number of urea groups is 1. The van der Waals surface area contributed by atoms with E-state index in [0.717, 1.165) is 6.42 Å². The number of para-hydroxylation sites is 1. The highest BCUT2D eigenvalue weighted by Crippen LogP contribution is 2.25. The van der Waals surface area contributed by atoms with Crippen LogP contribution in [0.1, 0.15) is 54.0 Å². The Labute approximate surface area is 169 Å². The van der Waals surface area contributed by atoms with Gasteiger partial charge in [0.15, 0.2) is 5.16 Å². The van der Waals surface area contributed by atoms with Crippen molar-refractivity contribution in [2.75, 3.05) is 0 Å². The molecule has 7 nitrogen and oxygen atoms in total. The van der Waals surface area contributed by atoms with Gasteiger partial charge in [-0.15, -0.1) is 0 Å². The zero-order valence-corrected chi connectivity index (χ0v) is 18.0. The number of rotatable bonds is 5. The predicted octanol–water partition coefficient (Wildman–Crippen LogP) is 3.47. The molecule has 0 aliphatic carbocycles. The van der Waals surface area contributed by atoms with E-state index < -0.39 is 22.7 Å². The molecule has 1 heterocycles. The summed E-state index contributed by atoms with van der Waals surface area (Å²) in [6.45, 7) is 11.1. The third-order valence-electron chi connectivity index (χ3n) is 4.18. The molecule has 2 rings (SSSR count). The molecule has 0 radical (unpaired) electrons. The molecule has 0 unspecified atom stereocenters. The topological polar surface area (TPSA) is 93.1 Å². The normalized spacial score (nSPS) is 13.8. The van der Waals surface area contributed by atoms with E-state index >= 15 is 0 Å². The van der Waals surface area contributed by atoms with E-state index in [-0.39, 0.29) is 11.6 Å². The maximum absolute atomic E-state index is 13.0. The van der Waals surface area contributed by atoms with Crippen LogP contribution in [-0.4, -0.2) is 32.3 Å². The summed E-state index contributed by atoms with van der Waals surface area (Å²) in [7, 11) is 0. The van der Waals surface area contributed by atoms with Gasteiger partial charge in [0.05, 0.1) is 16.2 Å². The molecule has 1 aromatic heterocycles. The van der Waals surface area contributed by atoms with Crippen LogP contribution in [0.15, 0.2) is 34.2 Å². The number of benzene rings is 1. The Balaban J connectivity index is 2.30. The summed E-state index contributed by atoms with van der Waals surface area (Å²) in [5.41, 5.74) is 0.0192. The number of carbonyl (C=O) groups excluding carboxylic acids is 2. The van der Waals surface area contributed by atoms with Gasteiger partial charge in [-0.2, -0.15) is 0 Å². The highest BCUT2D eigenvalue weighted by atomic mass is 32.2. The number of hydrogen-bond acceptors (Lipinski definition) is 5. The molecule has 1 aromatic carbocycles. The van der Waals surface area contributed by atoms with Crippen LogP contribution in [0.4, 0.5) is 4.79 Å². The average molecular weight is 405 g/mol. The standard InChI is InChI=1S/C20H28N4O3S/c1-7-12(2)24-17(26)14-10-8-9-11-15(14)21-19(24)28-13(3)16(25)22-18(27)23-20(4,5)6/h8-13H,7H2,1-6H3,(H2,22,23,25,27)/t12-,13+/m0/s1. The second kappa shape index (κ2) is 8.77. The van der Waals surface area contributed by atoms with Crippen LogP contribution < -0.4 is 16.2 Å². The maximum atomic E-state index is 13.0. The fourth-order valence-electron chi connectivity index (χ4n) is 2.58. The number of nitrogens with one attached hydrogen (secondary N) is 2. The van der Waals surface area contributed by atoms with Crippen LogP contribution in [-0.2, 0) is 4.79 Å². The van der Waals surface area contributed by atoms with Gasteiger partial charge in [0.25, 0.3) is 5.56 Å². The zero-order valence-electron chi connectivity index (χ0n) is 17.2. The lowest BCUT2D eigenvalue weighted by Crippen LogP contribution is -2.49. The number of nitrogens with zero attached hydrogens (tertiary/aromatic N) is 2.